The Labute approximate surface area is 224 Å². The van der Waals surface area contributed by atoms with Gasteiger partial charge in [-0.05, 0) is 68.8 Å². The summed E-state index contributed by atoms with van der Waals surface area (Å²) < 4.78 is 34.7. The number of aromatic amines is 1. The molecule has 0 aliphatic rings. The molecule has 0 radical (unpaired) electrons. The van der Waals surface area contributed by atoms with Crippen molar-refractivity contribution >= 4 is 32.9 Å². The number of aryl methyl sites for hydroxylation is 1. The summed E-state index contributed by atoms with van der Waals surface area (Å²) in [6.07, 6.45) is 0.596. The molecule has 0 bridgehead atoms. The molecule has 2 heterocycles. The smallest absolute Gasteiger partial charge is 0.421 e. The van der Waals surface area contributed by atoms with Gasteiger partial charge in [0.1, 0.15) is 5.69 Å². The quantitative estimate of drug-likeness (QED) is 0.275. The Hall–Kier alpha value is -4.77. The molecule has 0 aliphatic carbocycles. The Morgan fingerprint density at radius 2 is 1.79 bits per heavy atom. The molecule has 5 aromatic rings. The molecule has 5 rings (SSSR count). The molecule has 0 fully saturated rings. The average molecular weight is 544 g/mol. The Morgan fingerprint density at radius 1 is 1.03 bits per heavy atom. The summed E-state index contributed by atoms with van der Waals surface area (Å²) in [5.74, 6) is 0.550. The first kappa shape index (κ1) is 25.9. The van der Waals surface area contributed by atoms with E-state index >= 15 is 0 Å². The third-order valence-corrected chi connectivity index (χ3v) is 7.53. The van der Waals surface area contributed by atoms with E-state index in [-0.39, 0.29) is 17.3 Å². The first-order valence-electron chi connectivity index (χ1n) is 12.1. The first-order valence-corrected chi connectivity index (χ1v) is 13.6. The summed E-state index contributed by atoms with van der Waals surface area (Å²) in [7, 11) is -4.19. The largest absolute Gasteiger partial charge is 0.449 e. The zero-order valence-corrected chi connectivity index (χ0v) is 22.2. The van der Waals surface area contributed by atoms with Crippen molar-refractivity contribution in [2.24, 2.45) is 0 Å². The molecule has 0 spiro atoms. The number of fused-ring (bicyclic) bond motifs is 1. The molecule has 198 valence electrons. The van der Waals surface area contributed by atoms with Crippen molar-refractivity contribution in [3.63, 3.8) is 0 Å². The molecule has 0 atom stereocenters. The van der Waals surface area contributed by atoms with Crippen LogP contribution in [0.4, 0.5) is 4.79 Å². The van der Waals surface area contributed by atoms with Crippen LogP contribution in [0.3, 0.4) is 0 Å². The lowest BCUT2D eigenvalue weighted by atomic mass is 10.0. The lowest BCUT2D eigenvalue weighted by Gasteiger charge is -2.14. The van der Waals surface area contributed by atoms with Crippen molar-refractivity contribution in [2.45, 2.75) is 25.7 Å². The molecule has 1 amide bonds. The van der Waals surface area contributed by atoms with Gasteiger partial charge < -0.3 is 4.74 Å². The maximum Gasteiger partial charge on any atom is 0.421 e. The fourth-order valence-corrected chi connectivity index (χ4v) is 5.44. The monoisotopic (exact) mass is 543 g/mol. The molecule has 39 heavy (non-hydrogen) atoms. The average Bonchev–Trinajstić information content (AvgIpc) is 3.56. The summed E-state index contributed by atoms with van der Waals surface area (Å²) in [6.45, 7) is 5.00. The van der Waals surface area contributed by atoms with Gasteiger partial charge in [-0.25, -0.2) is 22.9 Å². The third kappa shape index (κ3) is 5.04. The summed E-state index contributed by atoms with van der Waals surface area (Å²) in [5, 5.41) is 6.99. The molecule has 0 unspecified atom stereocenters. The molecule has 10 nitrogen and oxygen atoms in total. The molecule has 0 saturated heterocycles. The van der Waals surface area contributed by atoms with Crippen LogP contribution in [-0.4, -0.2) is 46.6 Å². The zero-order chi connectivity index (χ0) is 27.7. The molecule has 0 saturated carbocycles. The van der Waals surface area contributed by atoms with E-state index in [2.05, 4.69) is 10.2 Å². The lowest BCUT2D eigenvalue weighted by molar-refractivity contribution is 0.101. The molecular weight excluding hydrogens is 518 g/mol. The topological polar surface area (TPSA) is 136 Å². The van der Waals surface area contributed by atoms with Crippen molar-refractivity contribution in [1.82, 2.24) is 24.5 Å². The van der Waals surface area contributed by atoms with Gasteiger partial charge in [-0.3, -0.25) is 14.5 Å². The minimum Gasteiger partial charge on any atom is -0.449 e. The fraction of sp³-hybridized carbons (Fsp3) is 0.143. The normalized spacial score (nSPS) is 11.5. The molecule has 0 aliphatic heterocycles. The van der Waals surface area contributed by atoms with Gasteiger partial charge in [-0.15, -0.1) is 0 Å². The maximum absolute atomic E-state index is 13.0. The zero-order valence-electron chi connectivity index (χ0n) is 21.4. The number of hydrogen-bond donors (Lipinski definition) is 2. The highest BCUT2D eigenvalue weighted by Crippen LogP contribution is 2.32. The van der Waals surface area contributed by atoms with Crippen LogP contribution in [0.25, 0.3) is 39.4 Å². The van der Waals surface area contributed by atoms with Crippen molar-refractivity contribution in [3.05, 3.63) is 84.1 Å². The van der Waals surface area contributed by atoms with E-state index in [9.17, 15) is 18.0 Å². The van der Waals surface area contributed by atoms with Crippen LogP contribution in [0.5, 0.6) is 0 Å². The van der Waals surface area contributed by atoms with Crippen LogP contribution in [-0.2, 0) is 14.8 Å². The number of nitrogens with one attached hydrogen (secondary N) is 2. The second-order valence-electron chi connectivity index (χ2n) is 8.87. The number of hydrogen-bond acceptors (Lipinski definition) is 7. The van der Waals surface area contributed by atoms with Crippen molar-refractivity contribution in [2.75, 3.05) is 6.61 Å². The van der Waals surface area contributed by atoms with Gasteiger partial charge in [-0.1, -0.05) is 29.8 Å². The molecule has 3 aromatic carbocycles. The molecular formula is C28H25N5O5S. The Kier molecular flexibility index (Phi) is 6.75. The number of benzene rings is 3. The van der Waals surface area contributed by atoms with E-state index < -0.39 is 16.1 Å². The van der Waals surface area contributed by atoms with Crippen molar-refractivity contribution in [3.8, 4) is 28.3 Å². The second-order valence-corrected chi connectivity index (χ2v) is 10.5. The molecule has 2 aromatic heterocycles. The van der Waals surface area contributed by atoms with Crippen LogP contribution < -0.4 is 4.72 Å². The van der Waals surface area contributed by atoms with Crippen LogP contribution >= 0.6 is 0 Å². The van der Waals surface area contributed by atoms with Gasteiger partial charge >= 0.3 is 6.09 Å². The van der Waals surface area contributed by atoms with E-state index in [4.69, 9.17) is 9.72 Å². The van der Waals surface area contributed by atoms with Gasteiger partial charge in [0, 0.05) is 23.0 Å². The fourth-order valence-electron chi connectivity index (χ4n) is 4.34. The van der Waals surface area contributed by atoms with E-state index in [0.717, 1.165) is 16.8 Å². The maximum atomic E-state index is 13.0. The number of sulfonamides is 1. The summed E-state index contributed by atoms with van der Waals surface area (Å²) in [5.41, 5.74) is 5.38. The predicted molar refractivity (Wildman–Crippen MR) is 146 cm³/mol. The Bertz CT molecular complexity index is 1810. The molecule has 11 heteroatoms. The number of amides is 1. The van der Waals surface area contributed by atoms with Crippen LogP contribution in [0.2, 0.25) is 0 Å². The van der Waals surface area contributed by atoms with Crippen LogP contribution in [0.15, 0.2) is 77.8 Å². The summed E-state index contributed by atoms with van der Waals surface area (Å²) in [4.78, 5) is 28.5. The number of ether oxygens (including phenoxy) is 1. The number of carbonyl (C=O) groups is 2. The number of nitrogens with zero attached hydrogens (tertiary/aromatic N) is 3. The van der Waals surface area contributed by atoms with Crippen molar-refractivity contribution < 1.29 is 22.7 Å². The SMILES string of the molecule is CCOC(=O)NS(=O)(=O)c1ccc(C)cc1-c1ccc(-n2c(-c3ccn[nH]3)nc3cc(C(C)=O)ccc32)cc1. The van der Waals surface area contributed by atoms with Crippen LogP contribution in [0.1, 0.15) is 29.8 Å². The number of rotatable bonds is 7. The standard InChI is InChI=1S/C28H25N5O5S/c1-4-38-28(35)32-39(36,37)26-12-5-17(2)15-22(26)19-6-9-21(10-7-19)33-25-11-8-20(18(3)34)16-24(25)30-27(33)23-13-14-29-31-23/h5-16H,4H2,1-3H3,(H,29,31)(H,32,35). The highest BCUT2D eigenvalue weighted by atomic mass is 32.2. The van der Waals surface area contributed by atoms with Gasteiger partial charge in [0.2, 0.25) is 0 Å². The van der Waals surface area contributed by atoms with Gasteiger partial charge in [0.25, 0.3) is 10.0 Å². The first-order chi connectivity index (χ1) is 18.7. The van der Waals surface area contributed by atoms with E-state index in [1.54, 1.807) is 55.6 Å². The predicted octanol–water partition coefficient (Wildman–Crippen LogP) is 5.03. The Balaban J connectivity index is 1.61. The third-order valence-electron chi connectivity index (χ3n) is 6.16. The number of Topliss-reactive ketones (excluding diaryl/α,β-unsaturated/α-hetero) is 1. The molecule has 2 N–H and O–H groups in total. The van der Waals surface area contributed by atoms with Gasteiger partial charge in [0.05, 0.1) is 22.5 Å². The lowest BCUT2D eigenvalue weighted by Crippen LogP contribution is -2.31. The minimum atomic E-state index is -4.19. The second kappa shape index (κ2) is 10.2. The van der Waals surface area contributed by atoms with Gasteiger partial charge in [0.15, 0.2) is 11.6 Å². The summed E-state index contributed by atoms with van der Waals surface area (Å²) in [6, 6.07) is 19.4. The number of aromatic nitrogens is 4. The highest BCUT2D eigenvalue weighted by molar-refractivity contribution is 7.90. The highest BCUT2D eigenvalue weighted by Gasteiger charge is 2.23. The van der Waals surface area contributed by atoms with E-state index in [1.165, 1.54) is 13.0 Å². The summed E-state index contributed by atoms with van der Waals surface area (Å²) >= 11 is 0. The number of carbonyl (C=O) groups excluding carboxylic acids is 2. The Morgan fingerprint density at radius 3 is 2.46 bits per heavy atom. The number of H-pyrrole nitrogens is 1. The van der Waals surface area contributed by atoms with Crippen molar-refractivity contribution in [1.29, 1.82) is 0 Å². The van der Waals surface area contributed by atoms with Gasteiger partial charge in [-0.2, -0.15) is 5.10 Å². The number of ketones is 1. The van der Waals surface area contributed by atoms with Crippen LogP contribution in [0, 0.1) is 6.92 Å². The van der Waals surface area contributed by atoms with E-state index in [1.807, 2.05) is 34.4 Å². The minimum absolute atomic E-state index is 0.0445. The number of imidazole rings is 1. The van der Waals surface area contributed by atoms with E-state index in [0.29, 0.717) is 33.7 Å².